The number of hydrogen-bond donors (Lipinski definition) is 2. The molecule has 0 aromatic rings. The minimum atomic E-state index is -4.76. The standard InChI is InChI=1S/C47H89O8P/c1-3-5-7-9-11-13-15-17-19-20-21-22-23-24-25-26-27-28-30-31-33-35-37-39-41-46(48)53-43-45(44-54-56(50,51)52)55-47(49)42-40-38-36-34-32-29-18-16-14-12-10-8-6-4-2/h10,12,16,18,45H,3-9,11,13-15,17,19-44H2,1-2H3,(H2,50,51,52)/b12-10-,18-16-. The topological polar surface area (TPSA) is 119 Å². The van der Waals surface area contributed by atoms with Gasteiger partial charge in [0.05, 0.1) is 6.61 Å². The monoisotopic (exact) mass is 813 g/mol. The zero-order valence-electron chi connectivity index (χ0n) is 36.5. The van der Waals surface area contributed by atoms with Gasteiger partial charge in [-0.3, -0.25) is 14.1 Å². The van der Waals surface area contributed by atoms with E-state index in [0.29, 0.717) is 6.42 Å². The highest BCUT2D eigenvalue weighted by molar-refractivity contribution is 7.46. The molecule has 56 heavy (non-hydrogen) atoms. The van der Waals surface area contributed by atoms with Crippen molar-refractivity contribution in [1.82, 2.24) is 0 Å². The van der Waals surface area contributed by atoms with Gasteiger partial charge in [0.2, 0.25) is 0 Å². The Kier molecular flexibility index (Phi) is 42.0. The zero-order chi connectivity index (χ0) is 41.1. The van der Waals surface area contributed by atoms with E-state index in [1.807, 2.05) is 0 Å². The second-order valence-corrected chi connectivity index (χ2v) is 17.3. The number of allylic oxidation sites excluding steroid dienone is 4. The molecule has 9 heteroatoms. The molecule has 0 fully saturated rings. The van der Waals surface area contributed by atoms with Crippen molar-refractivity contribution in [2.24, 2.45) is 0 Å². The van der Waals surface area contributed by atoms with Crippen LogP contribution in [0, 0.1) is 0 Å². The van der Waals surface area contributed by atoms with Crippen LogP contribution in [0.15, 0.2) is 24.3 Å². The molecule has 0 aromatic carbocycles. The zero-order valence-corrected chi connectivity index (χ0v) is 37.4. The summed E-state index contributed by atoms with van der Waals surface area (Å²) in [6.45, 7) is 3.67. The summed E-state index contributed by atoms with van der Waals surface area (Å²) in [5.74, 6) is -0.889. The minimum absolute atomic E-state index is 0.199. The van der Waals surface area contributed by atoms with Crippen LogP contribution in [0.4, 0.5) is 0 Å². The Balaban J connectivity index is 3.77. The number of esters is 2. The number of carbonyl (C=O) groups excluding carboxylic acids is 2. The third-order valence-corrected chi connectivity index (χ3v) is 11.0. The van der Waals surface area contributed by atoms with Crippen LogP contribution < -0.4 is 0 Å². The van der Waals surface area contributed by atoms with Crippen molar-refractivity contribution in [1.29, 1.82) is 0 Å². The highest BCUT2D eigenvalue weighted by Gasteiger charge is 2.23. The fraction of sp³-hybridized carbons (Fsp3) is 0.872. The maximum absolute atomic E-state index is 12.4. The van der Waals surface area contributed by atoms with Crippen molar-refractivity contribution < 1.29 is 37.9 Å². The Morgan fingerprint density at radius 1 is 0.464 bits per heavy atom. The van der Waals surface area contributed by atoms with E-state index in [1.165, 1.54) is 148 Å². The van der Waals surface area contributed by atoms with Gasteiger partial charge in [0.15, 0.2) is 6.10 Å². The lowest BCUT2D eigenvalue weighted by Gasteiger charge is -2.18. The van der Waals surface area contributed by atoms with Crippen molar-refractivity contribution >= 4 is 19.8 Å². The fourth-order valence-corrected chi connectivity index (χ4v) is 7.28. The quantitative estimate of drug-likeness (QED) is 0.0270. The van der Waals surface area contributed by atoms with Crippen molar-refractivity contribution in [3.63, 3.8) is 0 Å². The molecular formula is C47H89O8P. The van der Waals surface area contributed by atoms with E-state index in [0.717, 1.165) is 64.2 Å². The summed E-state index contributed by atoms with van der Waals surface area (Å²) in [6, 6.07) is 0. The first-order valence-corrected chi connectivity index (χ1v) is 25.2. The number of phosphoric acid groups is 1. The van der Waals surface area contributed by atoms with Crippen LogP contribution >= 0.6 is 7.82 Å². The van der Waals surface area contributed by atoms with Gasteiger partial charge in [-0.2, -0.15) is 0 Å². The molecule has 0 spiro atoms. The molecule has 330 valence electrons. The lowest BCUT2D eigenvalue weighted by Crippen LogP contribution is -2.29. The summed E-state index contributed by atoms with van der Waals surface area (Å²) in [6.07, 6.45) is 50.6. The summed E-state index contributed by atoms with van der Waals surface area (Å²) < 4.78 is 26.4. The van der Waals surface area contributed by atoms with Gasteiger partial charge in [0.1, 0.15) is 6.61 Å². The molecule has 0 aromatic heterocycles. The first-order valence-electron chi connectivity index (χ1n) is 23.6. The number of phosphoric ester groups is 1. The largest absolute Gasteiger partial charge is 0.469 e. The fourth-order valence-electron chi connectivity index (χ4n) is 6.92. The Labute approximate surface area is 345 Å². The highest BCUT2D eigenvalue weighted by atomic mass is 31.2. The Morgan fingerprint density at radius 2 is 0.821 bits per heavy atom. The average Bonchev–Trinajstić information content (AvgIpc) is 3.17. The first kappa shape index (κ1) is 54.5. The van der Waals surface area contributed by atoms with Crippen LogP contribution in [0.1, 0.15) is 245 Å². The van der Waals surface area contributed by atoms with Crippen molar-refractivity contribution in [2.45, 2.75) is 251 Å². The second kappa shape index (κ2) is 43.1. The molecule has 0 saturated carbocycles. The van der Waals surface area contributed by atoms with Gasteiger partial charge >= 0.3 is 19.8 Å². The minimum Gasteiger partial charge on any atom is -0.462 e. The van der Waals surface area contributed by atoms with Crippen molar-refractivity contribution in [3.8, 4) is 0 Å². The SMILES string of the molecule is CCCC/C=C\C/C=C\CCCCCCCC(=O)OC(COC(=O)CCCCCCCCCCCCCCCCCCCCCCCCCC)COP(=O)(O)O. The maximum atomic E-state index is 12.4. The Morgan fingerprint density at radius 3 is 1.23 bits per heavy atom. The molecule has 0 aliphatic carbocycles. The van der Waals surface area contributed by atoms with E-state index in [4.69, 9.17) is 19.3 Å². The van der Waals surface area contributed by atoms with Crippen LogP contribution in [0.3, 0.4) is 0 Å². The van der Waals surface area contributed by atoms with Gasteiger partial charge in [-0.05, 0) is 38.5 Å². The molecule has 0 saturated heterocycles. The number of unbranched alkanes of at least 4 members (excludes halogenated alkanes) is 30. The molecule has 0 rings (SSSR count). The molecule has 0 amide bonds. The number of rotatable bonds is 44. The summed E-state index contributed by atoms with van der Waals surface area (Å²) in [7, 11) is -4.76. The predicted octanol–water partition coefficient (Wildman–Crippen LogP) is 14.7. The third kappa shape index (κ3) is 45.2. The van der Waals surface area contributed by atoms with Crippen LogP contribution in [-0.4, -0.2) is 41.0 Å². The molecular weight excluding hydrogens is 723 g/mol. The summed E-state index contributed by atoms with van der Waals surface area (Å²) in [4.78, 5) is 42.9. The maximum Gasteiger partial charge on any atom is 0.469 e. The molecule has 8 nitrogen and oxygen atoms in total. The first-order chi connectivity index (χ1) is 27.3. The van der Waals surface area contributed by atoms with Gasteiger partial charge in [-0.1, -0.05) is 218 Å². The highest BCUT2D eigenvalue weighted by Crippen LogP contribution is 2.36. The van der Waals surface area contributed by atoms with Gasteiger partial charge in [0.25, 0.3) is 0 Å². The van der Waals surface area contributed by atoms with Crippen molar-refractivity contribution in [2.75, 3.05) is 13.2 Å². The van der Waals surface area contributed by atoms with E-state index < -0.39 is 32.5 Å². The molecule has 0 aliphatic heterocycles. The van der Waals surface area contributed by atoms with Crippen molar-refractivity contribution in [3.05, 3.63) is 24.3 Å². The normalized spacial score (nSPS) is 12.6. The molecule has 1 atom stereocenters. The summed E-state index contributed by atoms with van der Waals surface area (Å²) in [5.41, 5.74) is 0. The molecule has 2 N–H and O–H groups in total. The van der Waals surface area contributed by atoms with Gasteiger partial charge < -0.3 is 19.3 Å². The van der Waals surface area contributed by atoms with E-state index >= 15 is 0 Å². The van der Waals surface area contributed by atoms with E-state index in [1.54, 1.807) is 0 Å². The van der Waals surface area contributed by atoms with Gasteiger partial charge in [-0.15, -0.1) is 0 Å². The van der Waals surface area contributed by atoms with E-state index in [9.17, 15) is 14.2 Å². The number of carbonyl (C=O) groups is 2. The third-order valence-electron chi connectivity index (χ3n) is 10.5. The molecule has 0 heterocycles. The second-order valence-electron chi connectivity index (χ2n) is 16.1. The summed E-state index contributed by atoms with van der Waals surface area (Å²) in [5, 5.41) is 0. The molecule has 0 radical (unpaired) electrons. The van der Waals surface area contributed by atoms with Crippen LogP contribution in [-0.2, 0) is 28.2 Å². The molecule has 0 aliphatic rings. The lowest BCUT2D eigenvalue weighted by molar-refractivity contribution is -0.161. The number of ether oxygens (including phenoxy) is 2. The number of hydrogen-bond acceptors (Lipinski definition) is 6. The average molecular weight is 813 g/mol. The van der Waals surface area contributed by atoms with Crippen LogP contribution in [0.25, 0.3) is 0 Å². The summed E-state index contributed by atoms with van der Waals surface area (Å²) >= 11 is 0. The molecule has 0 bridgehead atoms. The van der Waals surface area contributed by atoms with E-state index in [-0.39, 0.29) is 19.4 Å². The Bertz CT molecular complexity index is 962. The predicted molar refractivity (Wildman–Crippen MR) is 235 cm³/mol. The van der Waals surface area contributed by atoms with Crippen LogP contribution in [0.2, 0.25) is 0 Å². The molecule has 1 unspecified atom stereocenters. The van der Waals surface area contributed by atoms with Gasteiger partial charge in [0, 0.05) is 12.8 Å². The van der Waals surface area contributed by atoms with E-state index in [2.05, 4.69) is 42.7 Å². The lowest BCUT2D eigenvalue weighted by atomic mass is 10.0. The van der Waals surface area contributed by atoms with Crippen LogP contribution in [0.5, 0.6) is 0 Å². The Hall–Kier alpha value is -1.47. The smallest absolute Gasteiger partial charge is 0.462 e. The van der Waals surface area contributed by atoms with Gasteiger partial charge in [-0.25, -0.2) is 4.57 Å².